The fourth-order valence-corrected chi connectivity index (χ4v) is 1.49. The van der Waals surface area contributed by atoms with Crippen LogP contribution in [0.2, 0.25) is 0 Å². The third-order valence-electron chi connectivity index (χ3n) is 2.35. The van der Waals surface area contributed by atoms with Crippen LogP contribution in [0.15, 0.2) is 29.8 Å². The van der Waals surface area contributed by atoms with E-state index in [9.17, 15) is 0 Å². The maximum atomic E-state index is 5.71. The average Bonchev–Trinajstić information content (AvgIpc) is 2.34. The quantitative estimate of drug-likeness (QED) is 0.824. The van der Waals surface area contributed by atoms with Gasteiger partial charge in [0.15, 0.2) is 0 Å². The van der Waals surface area contributed by atoms with Crippen molar-refractivity contribution < 1.29 is 9.47 Å². The van der Waals surface area contributed by atoms with Crippen LogP contribution in [0.5, 0.6) is 11.5 Å². The van der Waals surface area contributed by atoms with Gasteiger partial charge in [-0.2, -0.15) is 0 Å². The largest absolute Gasteiger partial charge is 0.497 e. The van der Waals surface area contributed by atoms with Gasteiger partial charge < -0.3 is 14.8 Å². The van der Waals surface area contributed by atoms with Gasteiger partial charge in [-0.05, 0) is 18.2 Å². The molecule has 0 aromatic heterocycles. The Bertz CT molecular complexity index is 405. The van der Waals surface area contributed by atoms with Crippen LogP contribution in [-0.2, 0) is 6.54 Å². The minimum absolute atomic E-state index is 0.308. The van der Waals surface area contributed by atoms with Gasteiger partial charge in [0.1, 0.15) is 18.1 Å². The summed E-state index contributed by atoms with van der Waals surface area (Å²) in [5, 5.41) is 3.83. The summed E-state index contributed by atoms with van der Waals surface area (Å²) in [6, 6.07) is 6.12. The number of methoxy groups -OCH3 is 1. The summed E-state index contributed by atoms with van der Waals surface area (Å²) in [5.74, 6) is 1.61. The summed E-state index contributed by atoms with van der Waals surface area (Å²) in [7, 11) is 1.65. The molecule has 4 heteroatoms. The molecule has 0 aliphatic heterocycles. The zero-order chi connectivity index (χ0) is 13.5. The molecule has 0 aliphatic rings. The zero-order valence-electron chi connectivity index (χ0n) is 11.1. The summed E-state index contributed by atoms with van der Waals surface area (Å²) in [6.07, 6.45) is 0. The van der Waals surface area contributed by atoms with E-state index in [4.69, 9.17) is 21.1 Å². The minimum Gasteiger partial charge on any atom is -0.497 e. The summed E-state index contributed by atoms with van der Waals surface area (Å²) in [5.41, 5.74) is 1.04. The van der Waals surface area contributed by atoms with Crippen LogP contribution < -0.4 is 14.8 Å². The maximum absolute atomic E-state index is 5.71. The molecule has 0 saturated heterocycles. The molecule has 0 bridgehead atoms. The van der Waals surface area contributed by atoms with Crippen molar-refractivity contribution in [2.24, 2.45) is 0 Å². The van der Waals surface area contributed by atoms with Gasteiger partial charge >= 0.3 is 0 Å². The second-order valence-electron chi connectivity index (χ2n) is 4.32. The average molecular weight is 270 g/mol. The van der Waals surface area contributed by atoms with E-state index >= 15 is 0 Å². The normalized spacial score (nSPS) is 10.5. The van der Waals surface area contributed by atoms with E-state index in [0.29, 0.717) is 17.7 Å². The second kappa shape index (κ2) is 7.29. The van der Waals surface area contributed by atoms with E-state index in [0.717, 1.165) is 23.6 Å². The lowest BCUT2D eigenvalue weighted by Gasteiger charge is -2.14. The van der Waals surface area contributed by atoms with Crippen molar-refractivity contribution in [3.63, 3.8) is 0 Å². The topological polar surface area (TPSA) is 30.5 Å². The van der Waals surface area contributed by atoms with Gasteiger partial charge in [-0.15, -0.1) is 0 Å². The molecule has 0 spiro atoms. The summed E-state index contributed by atoms with van der Waals surface area (Å²) < 4.78 is 10.8. The molecule has 1 aromatic carbocycles. The Morgan fingerprint density at radius 1 is 1.44 bits per heavy atom. The highest BCUT2D eigenvalue weighted by Crippen LogP contribution is 2.24. The number of hydrogen-bond donors (Lipinski definition) is 1. The fourth-order valence-electron chi connectivity index (χ4n) is 1.43. The molecule has 0 radical (unpaired) electrons. The molecule has 18 heavy (non-hydrogen) atoms. The molecule has 3 nitrogen and oxygen atoms in total. The number of ether oxygens (including phenoxy) is 2. The van der Waals surface area contributed by atoms with E-state index < -0.39 is 0 Å². The number of rotatable bonds is 7. The van der Waals surface area contributed by atoms with Crippen molar-refractivity contribution >= 4 is 11.6 Å². The first-order chi connectivity index (χ1) is 8.52. The Balaban J connectivity index is 2.82. The van der Waals surface area contributed by atoms with Crippen LogP contribution in [0.3, 0.4) is 0 Å². The number of nitrogens with one attached hydrogen (secondary N) is 1. The lowest BCUT2D eigenvalue weighted by atomic mass is 10.1. The van der Waals surface area contributed by atoms with Crippen LogP contribution in [0.25, 0.3) is 0 Å². The third kappa shape index (κ3) is 4.98. The van der Waals surface area contributed by atoms with Gasteiger partial charge in [0, 0.05) is 23.2 Å². The van der Waals surface area contributed by atoms with Crippen molar-refractivity contribution in [1.29, 1.82) is 0 Å². The number of halogens is 1. The van der Waals surface area contributed by atoms with Crippen molar-refractivity contribution in [3.05, 3.63) is 35.4 Å². The molecule has 100 valence electrons. The lowest BCUT2D eigenvalue weighted by Crippen LogP contribution is -2.22. The van der Waals surface area contributed by atoms with Crippen molar-refractivity contribution in [2.45, 2.75) is 26.4 Å². The molecule has 0 fully saturated rings. The van der Waals surface area contributed by atoms with Crippen molar-refractivity contribution in [3.8, 4) is 11.5 Å². The standard InChI is InChI=1S/C14H20ClNO2/c1-10(2)16-8-12-7-13(17-4)5-6-14(12)18-9-11(3)15/h5-7,10,16H,3,8-9H2,1-2,4H3. The van der Waals surface area contributed by atoms with Crippen LogP contribution in [-0.4, -0.2) is 19.8 Å². The number of benzene rings is 1. The highest BCUT2D eigenvalue weighted by molar-refractivity contribution is 6.29. The Hall–Kier alpha value is -1.19. The monoisotopic (exact) mass is 269 g/mol. The van der Waals surface area contributed by atoms with E-state index in [1.165, 1.54) is 0 Å². The van der Waals surface area contributed by atoms with Gasteiger partial charge in [-0.25, -0.2) is 0 Å². The molecule has 0 saturated carbocycles. The van der Waals surface area contributed by atoms with E-state index in [1.807, 2.05) is 18.2 Å². The molecule has 0 aliphatic carbocycles. The van der Waals surface area contributed by atoms with Crippen LogP contribution in [0, 0.1) is 0 Å². The SMILES string of the molecule is C=C(Cl)COc1ccc(OC)cc1CNC(C)C. The third-order valence-corrected chi connectivity index (χ3v) is 2.46. The smallest absolute Gasteiger partial charge is 0.124 e. The highest BCUT2D eigenvalue weighted by atomic mass is 35.5. The molecule has 0 atom stereocenters. The summed E-state index contributed by atoms with van der Waals surface area (Å²) in [6.45, 7) is 8.83. The van der Waals surface area contributed by atoms with Crippen LogP contribution in [0.4, 0.5) is 0 Å². The predicted octanol–water partition coefficient (Wildman–Crippen LogP) is 3.32. The van der Waals surface area contributed by atoms with Gasteiger partial charge in [0.25, 0.3) is 0 Å². The maximum Gasteiger partial charge on any atom is 0.124 e. The van der Waals surface area contributed by atoms with Crippen molar-refractivity contribution in [1.82, 2.24) is 5.32 Å². The van der Waals surface area contributed by atoms with Gasteiger partial charge in [-0.3, -0.25) is 0 Å². The van der Waals surface area contributed by atoms with Crippen molar-refractivity contribution in [2.75, 3.05) is 13.7 Å². The summed E-state index contributed by atoms with van der Waals surface area (Å²) >= 11 is 5.71. The minimum atomic E-state index is 0.308. The fraction of sp³-hybridized carbons (Fsp3) is 0.429. The molecule has 0 amide bonds. The molecule has 0 unspecified atom stereocenters. The van der Waals surface area contributed by atoms with E-state index in [1.54, 1.807) is 7.11 Å². The predicted molar refractivity (Wildman–Crippen MR) is 75.5 cm³/mol. The lowest BCUT2D eigenvalue weighted by molar-refractivity contribution is 0.351. The Morgan fingerprint density at radius 3 is 2.72 bits per heavy atom. The Kier molecular flexibility index (Phi) is 6.02. The first kappa shape index (κ1) is 14.9. The Labute approximate surface area is 114 Å². The molecular weight excluding hydrogens is 250 g/mol. The van der Waals surface area contributed by atoms with Crippen LogP contribution >= 0.6 is 11.6 Å². The second-order valence-corrected chi connectivity index (χ2v) is 4.85. The molecule has 0 heterocycles. The van der Waals surface area contributed by atoms with E-state index in [-0.39, 0.29) is 0 Å². The molecule has 1 rings (SSSR count). The van der Waals surface area contributed by atoms with E-state index in [2.05, 4.69) is 25.7 Å². The van der Waals surface area contributed by atoms with Gasteiger partial charge in [-0.1, -0.05) is 32.0 Å². The molecular formula is C14H20ClNO2. The van der Waals surface area contributed by atoms with Gasteiger partial charge in [0.2, 0.25) is 0 Å². The Morgan fingerprint density at radius 2 is 2.17 bits per heavy atom. The highest BCUT2D eigenvalue weighted by Gasteiger charge is 2.07. The zero-order valence-corrected chi connectivity index (χ0v) is 11.9. The van der Waals surface area contributed by atoms with Gasteiger partial charge in [0.05, 0.1) is 7.11 Å². The molecule has 1 N–H and O–H groups in total. The summed E-state index contributed by atoms with van der Waals surface area (Å²) in [4.78, 5) is 0. The first-order valence-corrected chi connectivity index (χ1v) is 6.27. The number of hydrogen-bond acceptors (Lipinski definition) is 3. The molecule has 1 aromatic rings. The van der Waals surface area contributed by atoms with Crippen LogP contribution in [0.1, 0.15) is 19.4 Å². The first-order valence-electron chi connectivity index (χ1n) is 5.89.